The molecule has 2 aromatic heterocycles. The van der Waals surface area contributed by atoms with Crippen LogP contribution < -0.4 is 9.47 Å². The Balaban J connectivity index is 1.50. The lowest BCUT2D eigenvalue weighted by atomic mass is 10.2. The van der Waals surface area contributed by atoms with Crippen molar-refractivity contribution < 1.29 is 14.3 Å². The highest BCUT2D eigenvalue weighted by molar-refractivity contribution is 7.13. The van der Waals surface area contributed by atoms with Crippen LogP contribution in [0.5, 0.6) is 11.5 Å². The number of nitrogens with zero attached hydrogens (tertiary/aromatic N) is 3. The third-order valence-corrected chi connectivity index (χ3v) is 5.95. The summed E-state index contributed by atoms with van der Waals surface area (Å²) in [5.74, 6) is 1.04. The number of thiophene rings is 1. The molecule has 0 aliphatic heterocycles. The van der Waals surface area contributed by atoms with Crippen LogP contribution in [0, 0.1) is 6.92 Å². The van der Waals surface area contributed by atoms with E-state index < -0.39 is 0 Å². The van der Waals surface area contributed by atoms with Gasteiger partial charge in [-0.2, -0.15) is 5.10 Å². The molecule has 0 unspecified atom stereocenters. The van der Waals surface area contributed by atoms with Crippen molar-refractivity contribution >= 4 is 17.2 Å². The first-order valence-electron chi connectivity index (χ1n) is 10.2. The van der Waals surface area contributed by atoms with Crippen LogP contribution in [0.15, 0.2) is 72.2 Å². The molecule has 2 aromatic carbocycles. The van der Waals surface area contributed by atoms with Gasteiger partial charge in [0.2, 0.25) is 0 Å². The second kappa shape index (κ2) is 9.70. The van der Waals surface area contributed by atoms with Crippen LogP contribution in [0.25, 0.3) is 16.3 Å². The van der Waals surface area contributed by atoms with Crippen LogP contribution in [-0.4, -0.2) is 41.4 Å². The van der Waals surface area contributed by atoms with E-state index in [-0.39, 0.29) is 12.5 Å². The Bertz CT molecular complexity index is 1190. The fraction of sp³-hybridized carbons (Fsp3) is 0.200. The summed E-state index contributed by atoms with van der Waals surface area (Å²) in [6.45, 7) is 2.33. The minimum Gasteiger partial charge on any atom is -0.493 e. The molecule has 0 saturated carbocycles. The van der Waals surface area contributed by atoms with E-state index in [9.17, 15) is 4.79 Å². The fourth-order valence-electron chi connectivity index (χ4n) is 3.35. The predicted octanol–water partition coefficient (Wildman–Crippen LogP) is 4.96. The Morgan fingerprint density at radius 2 is 1.91 bits per heavy atom. The summed E-state index contributed by atoms with van der Waals surface area (Å²) >= 11 is 1.63. The van der Waals surface area contributed by atoms with Gasteiger partial charge in [-0.3, -0.25) is 4.79 Å². The largest absolute Gasteiger partial charge is 0.493 e. The Hall–Kier alpha value is -3.58. The molecule has 0 saturated heterocycles. The maximum atomic E-state index is 12.8. The van der Waals surface area contributed by atoms with Gasteiger partial charge >= 0.3 is 0 Å². The maximum absolute atomic E-state index is 12.8. The van der Waals surface area contributed by atoms with Crippen molar-refractivity contribution in [1.29, 1.82) is 0 Å². The highest BCUT2D eigenvalue weighted by Crippen LogP contribution is 2.29. The third kappa shape index (κ3) is 4.84. The zero-order valence-corrected chi connectivity index (χ0v) is 19.1. The van der Waals surface area contributed by atoms with Crippen LogP contribution in [0.2, 0.25) is 0 Å². The Labute approximate surface area is 191 Å². The summed E-state index contributed by atoms with van der Waals surface area (Å²) in [4.78, 5) is 15.5. The van der Waals surface area contributed by atoms with Crippen molar-refractivity contribution in [3.05, 3.63) is 83.4 Å². The molecule has 4 rings (SSSR count). The van der Waals surface area contributed by atoms with Crippen molar-refractivity contribution in [2.24, 2.45) is 0 Å². The molecule has 0 aliphatic rings. The lowest BCUT2D eigenvalue weighted by molar-refractivity contribution is -0.132. The number of aryl methyl sites for hydroxylation is 1. The van der Waals surface area contributed by atoms with Crippen LogP contribution in [0.4, 0.5) is 0 Å². The number of benzene rings is 2. The molecule has 0 aliphatic carbocycles. The van der Waals surface area contributed by atoms with Gasteiger partial charge in [0.15, 0.2) is 18.1 Å². The number of ether oxygens (including phenoxy) is 2. The average molecular weight is 448 g/mol. The van der Waals surface area contributed by atoms with Gasteiger partial charge in [-0.05, 0) is 48.2 Å². The van der Waals surface area contributed by atoms with Crippen molar-refractivity contribution in [1.82, 2.24) is 14.7 Å². The molecular weight excluding hydrogens is 422 g/mol. The summed E-state index contributed by atoms with van der Waals surface area (Å²) < 4.78 is 13.0. The van der Waals surface area contributed by atoms with Gasteiger partial charge in [-0.15, -0.1) is 11.3 Å². The van der Waals surface area contributed by atoms with E-state index >= 15 is 0 Å². The third-order valence-electron chi connectivity index (χ3n) is 5.07. The quantitative estimate of drug-likeness (QED) is 0.383. The average Bonchev–Trinajstić information content (AvgIpc) is 3.48. The second-order valence-corrected chi connectivity index (χ2v) is 8.40. The van der Waals surface area contributed by atoms with E-state index in [0.29, 0.717) is 18.0 Å². The first-order chi connectivity index (χ1) is 15.5. The minimum atomic E-state index is -0.128. The van der Waals surface area contributed by atoms with Crippen LogP contribution >= 0.6 is 11.3 Å². The van der Waals surface area contributed by atoms with E-state index in [4.69, 9.17) is 14.6 Å². The van der Waals surface area contributed by atoms with Gasteiger partial charge in [0.25, 0.3) is 5.91 Å². The van der Waals surface area contributed by atoms with E-state index in [1.807, 2.05) is 83.8 Å². The molecule has 7 heteroatoms. The first-order valence-corrected chi connectivity index (χ1v) is 11.1. The molecule has 0 fully saturated rings. The molecule has 0 radical (unpaired) electrons. The molecule has 0 atom stereocenters. The van der Waals surface area contributed by atoms with E-state index in [1.165, 1.54) is 0 Å². The predicted molar refractivity (Wildman–Crippen MR) is 127 cm³/mol. The summed E-state index contributed by atoms with van der Waals surface area (Å²) in [5.41, 5.74) is 3.89. The van der Waals surface area contributed by atoms with Gasteiger partial charge in [-0.25, -0.2) is 4.68 Å². The molecule has 6 nitrogen and oxygen atoms in total. The van der Waals surface area contributed by atoms with E-state index in [1.54, 1.807) is 30.4 Å². The zero-order valence-electron chi connectivity index (χ0n) is 18.3. The van der Waals surface area contributed by atoms with Gasteiger partial charge in [0.05, 0.1) is 17.7 Å². The summed E-state index contributed by atoms with van der Waals surface area (Å²) in [6, 6.07) is 19.6. The molecular formula is C25H25N3O3S. The monoisotopic (exact) mass is 447 g/mol. The van der Waals surface area contributed by atoms with Crippen LogP contribution in [0.1, 0.15) is 11.1 Å². The van der Waals surface area contributed by atoms with Crippen LogP contribution in [-0.2, 0) is 11.3 Å². The molecule has 0 spiro atoms. The Morgan fingerprint density at radius 1 is 1.09 bits per heavy atom. The van der Waals surface area contributed by atoms with E-state index in [0.717, 1.165) is 27.4 Å². The number of carbonyl (C=O) groups is 1. The SMILES string of the molecule is COc1cc(C)ccc1OCC(=O)N(C)Cc1cn(-c2ccccc2)nc1-c1cccs1. The smallest absolute Gasteiger partial charge is 0.260 e. The minimum absolute atomic E-state index is 0.0723. The number of amides is 1. The number of para-hydroxylation sites is 1. The number of aromatic nitrogens is 2. The maximum Gasteiger partial charge on any atom is 0.260 e. The van der Waals surface area contributed by atoms with Crippen molar-refractivity contribution in [2.45, 2.75) is 13.5 Å². The highest BCUT2D eigenvalue weighted by atomic mass is 32.1. The zero-order chi connectivity index (χ0) is 22.5. The molecule has 0 N–H and O–H groups in total. The number of hydrogen-bond donors (Lipinski definition) is 0. The van der Waals surface area contributed by atoms with Crippen molar-refractivity contribution in [2.75, 3.05) is 20.8 Å². The lowest BCUT2D eigenvalue weighted by Crippen LogP contribution is -2.31. The van der Waals surface area contributed by atoms with Gasteiger partial charge in [0.1, 0.15) is 5.69 Å². The molecule has 1 amide bonds. The summed E-state index contributed by atoms with van der Waals surface area (Å²) in [6.07, 6.45) is 1.98. The van der Waals surface area contributed by atoms with Crippen molar-refractivity contribution in [3.8, 4) is 27.8 Å². The molecule has 2 heterocycles. The number of likely N-dealkylation sites (N-methyl/N-ethyl adjacent to an activating group) is 1. The number of carbonyl (C=O) groups excluding carboxylic acids is 1. The van der Waals surface area contributed by atoms with Gasteiger partial charge in [-0.1, -0.05) is 30.3 Å². The van der Waals surface area contributed by atoms with Gasteiger partial charge < -0.3 is 14.4 Å². The van der Waals surface area contributed by atoms with Crippen LogP contribution in [0.3, 0.4) is 0 Å². The highest BCUT2D eigenvalue weighted by Gasteiger charge is 2.18. The van der Waals surface area contributed by atoms with Crippen molar-refractivity contribution in [3.63, 3.8) is 0 Å². The second-order valence-electron chi connectivity index (χ2n) is 7.45. The first kappa shape index (κ1) is 21.6. The Kier molecular flexibility index (Phi) is 6.56. The topological polar surface area (TPSA) is 56.6 Å². The summed E-state index contributed by atoms with van der Waals surface area (Å²) in [5, 5.41) is 6.83. The number of methoxy groups -OCH3 is 1. The lowest BCUT2D eigenvalue weighted by Gasteiger charge is -2.18. The molecule has 164 valence electrons. The summed E-state index contributed by atoms with van der Waals surface area (Å²) in [7, 11) is 3.36. The number of rotatable bonds is 8. The fourth-order valence-corrected chi connectivity index (χ4v) is 4.09. The molecule has 0 bridgehead atoms. The van der Waals surface area contributed by atoms with Gasteiger partial charge in [0, 0.05) is 25.4 Å². The normalized spacial score (nSPS) is 10.7. The van der Waals surface area contributed by atoms with E-state index in [2.05, 4.69) is 0 Å². The molecule has 32 heavy (non-hydrogen) atoms. The standard InChI is InChI=1S/C25H25N3O3S/c1-18-11-12-21(22(14-18)30-3)31-17-24(29)27(2)15-19-16-28(20-8-5-4-6-9-20)26-25(19)23-10-7-13-32-23/h4-14,16H,15,17H2,1-3H3. The Morgan fingerprint density at radius 3 is 2.62 bits per heavy atom. The number of hydrogen-bond acceptors (Lipinski definition) is 5. The molecule has 4 aromatic rings.